The maximum atomic E-state index is 6.00. The standard InChI is InChI=1S/C17H19ClN4S2/c1-13-19-22(12-20(2)11-15-8-9-16(18)24-15)17(23)21(13)10-14-6-4-3-5-7-14/h3-9H,10-12H2,1-2H3/p+1. The van der Waals surface area contributed by atoms with Crippen molar-refractivity contribution in [3.63, 3.8) is 0 Å². The normalized spacial score (nSPS) is 12.5. The van der Waals surface area contributed by atoms with Gasteiger partial charge in [0.05, 0.1) is 22.8 Å². The van der Waals surface area contributed by atoms with Crippen molar-refractivity contribution < 1.29 is 4.90 Å². The van der Waals surface area contributed by atoms with E-state index in [0.29, 0.717) is 0 Å². The van der Waals surface area contributed by atoms with E-state index >= 15 is 0 Å². The van der Waals surface area contributed by atoms with E-state index in [2.05, 4.69) is 34.9 Å². The van der Waals surface area contributed by atoms with E-state index in [-0.39, 0.29) is 0 Å². The van der Waals surface area contributed by atoms with Gasteiger partial charge in [-0.1, -0.05) is 41.9 Å². The number of nitrogens with one attached hydrogen (secondary N) is 1. The summed E-state index contributed by atoms with van der Waals surface area (Å²) in [6.07, 6.45) is 0. The summed E-state index contributed by atoms with van der Waals surface area (Å²) in [5, 5.41) is 4.63. The summed E-state index contributed by atoms with van der Waals surface area (Å²) in [5.74, 6) is 0.941. The molecule has 3 rings (SSSR count). The first-order valence-corrected chi connectivity index (χ1v) is 9.37. The summed E-state index contributed by atoms with van der Waals surface area (Å²) in [7, 11) is 2.14. The second-order valence-corrected chi connectivity index (χ2v) is 8.06. The predicted molar refractivity (Wildman–Crippen MR) is 101 cm³/mol. The highest BCUT2D eigenvalue weighted by Crippen LogP contribution is 2.20. The van der Waals surface area contributed by atoms with E-state index in [1.165, 1.54) is 15.3 Å². The Kier molecular flexibility index (Phi) is 5.50. The number of thiophene rings is 1. The third-order valence-electron chi connectivity index (χ3n) is 3.82. The molecule has 0 aliphatic heterocycles. The van der Waals surface area contributed by atoms with Crippen LogP contribution in [0.15, 0.2) is 42.5 Å². The Morgan fingerprint density at radius 3 is 2.62 bits per heavy atom. The van der Waals surface area contributed by atoms with Crippen molar-refractivity contribution in [3.05, 3.63) is 67.8 Å². The van der Waals surface area contributed by atoms with Gasteiger partial charge in [-0.05, 0) is 36.8 Å². The number of quaternary nitrogens is 1. The molecule has 24 heavy (non-hydrogen) atoms. The molecule has 7 heteroatoms. The second kappa shape index (κ2) is 7.61. The summed E-state index contributed by atoms with van der Waals surface area (Å²) in [6, 6.07) is 14.3. The van der Waals surface area contributed by atoms with Crippen LogP contribution in [-0.4, -0.2) is 21.4 Å². The minimum Gasteiger partial charge on any atom is -0.314 e. The van der Waals surface area contributed by atoms with Crippen molar-refractivity contribution in [2.45, 2.75) is 26.7 Å². The quantitative estimate of drug-likeness (QED) is 0.666. The zero-order valence-electron chi connectivity index (χ0n) is 13.7. The highest BCUT2D eigenvalue weighted by molar-refractivity contribution is 7.71. The average molecular weight is 380 g/mol. The third kappa shape index (κ3) is 4.13. The minimum absolute atomic E-state index is 0.733. The zero-order valence-corrected chi connectivity index (χ0v) is 16.1. The van der Waals surface area contributed by atoms with Gasteiger partial charge in [0.2, 0.25) is 4.77 Å². The first kappa shape index (κ1) is 17.4. The van der Waals surface area contributed by atoms with E-state index < -0.39 is 0 Å². The Hall–Kier alpha value is -1.47. The SMILES string of the molecule is Cc1nn(C[NH+](C)Cc2ccc(Cl)s2)c(=S)n1Cc1ccccc1. The summed E-state index contributed by atoms with van der Waals surface area (Å²) in [4.78, 5) is 2.58. The summed E-state index contributed by atoms with van der Waals surface area (Å²) in [6.45, 7) is 4.40. The second-order valence-electron chi connectivity index (χ2n) is 5.90. The van der Waals surface area contributed by atoms with Crippen LogP contribution in [0, 0.1) is 11.7 Å². The molecule has 0 aliphatic carbocycles. The fourth-order valence-electron chi connectivity index (χ4n) is 2.66. The maximum absolute atomic E-state index is 6.00. The van der Waals surface area contributed by atoms with Gasteiger partial charge in [0.25, 0.3) is 0 Å². The lowest BCUT2D eigenvalue weighted by Gasteiger charge is -2.12. The molecule has 0 saturated heterocycles. The molecule has 0 fully saturated rings. The number of halogens is 1. The van der Waals surface area contributed by atoms with Gasteiger partial charge in [0, 0.05) is 0 Å². The van der Waals surface area contributed by atoms with E-state index in [9.17, 15) is 0 Å². The van der Waals surface area contributed by atoms with Gasteiger partial charge in [-0.15, -0.1) is 11.3 Å². The van der Waals surface area contributed by atoms with Gasteiger partial charge in [-0.25, -0.2) is 0 Å². The Balaban J connectivity index is 1.72. The van der Waals surface area contributed by atoms with Crippen LogP contribution in [0.4, 0.5) is 0 Å². The molecule has 0 radical (unpaired) electrons. The first-order valence-electron chi connectivity index (χ1n) is 7.76. The number of aryl methyl sites for hydroxylation is 1. The number of hydrogen-bond acceptors (Lipinski definition) is 3. The fraction of sp³-hybridized carbons (Fsp3) is 0.294. The van der Waals surface area contributed by atoms with Crippen LogP contribution in [0.3, 0.4) is 0 Å². The molecular formula is C17H20ClN4S2+. The lowest BCUT2D eigenvalue weighted by molar-refractivity contribution is -0.917. The number of hydrogen-bond donors (Lipinski definition) is 1. The largest absolute Gasteiger partial charge is 0.314 e. The molecule has 1 N–H and O–H groups in total. The molecule has 0 spiro atoms. The van der Waals surface area contributed by atoms with Crippen LogP contribution in [0.5, 0.6) is 0 Å². The summed E-state index contributed by atoms with van der Waals surface area (Å²) >= 11 is 13.3. The minimum atomic E-state index is 0.733. The Morgan fingerprint density at radius 2 is 1.96 bits per heavy atom. The van der Waals surface area contributed by atoms with Gasteiger partial charge < -0.3 is 4.90 Å². The predicted octanol–water partition coefficient (Wildman–Crippen LogP) is 3.16. The van der Waals surface area contributed by atoms with Crippen LogP contribution < -0.4 is 4.90 Å². The fourth-order valence-corrected chi connectivity index (χ4v) is 4.16. The van der Waals surface area contributed by atoms with Crippen LogP contribution in [0.2, 0.25) is 4.34 Å². The van der Waals surface area contributed by atoms with Gasteiger partial charge >= 0.3 is 0 Å². The van der Waals surface area contributed by atoms with Gasteiger partial charge in [-0.2, -0.15) is 9.78 Å². The summed E-state index contributed by atoms with van der Waals surface area (Å²) in [5.41, 5.74) is 1.23. The molecule has 0 bridgehead atoms. The Morgan fingerprint density at radius 1 is 1.21 bits per heavy atom. The molecule has 1 atom stereocenters. The van der Waals surface area contributed by atoms with E-state index in [0.717, 1.165) is 34.7 Å². The van der Waals surface area contributed by atoms with Gasteiger partial charge in [0.1, 0.15) is 12.4 Å². The van der Waals surface area contributed by atoms with Crippen LogP contribution >= 0.6 is 35.2 Å². The lowest BCUT2D eigenvalue weighted by atomic mass is 10.2. The van der Waals surface area contributed by atoms with Crippen molar-refractivity contribution in [3.8, 4) is 0 Å². The van der Waals surface area contributed by atoms with E-state index in [1.807, 2.05) is 35.9 Å². The van der Waals surface area contributed by atoms with Crippen LogP contribution in [0.1, 0.15) is 16.3 Å². The molecule has 0 aliphatic rings. The number of rotatable bonds is 6. The first-order chi connectivity index (χ1) is 11.5. The molecule has 2 heterocycles. The molecule has 0 amide bonds. The van der Waals surface area contributed by atoms with Gasteiger partial charge in [-0.3, -0.25) is 4.57 Å². The molecule has 3 aromatic rings. The Labute approximate surface area is 155 Å². The summed E-state index contributed by atoms with van der Waals surface area (Å²) < 4.78 is 5.59. The number of benzene rings is 1. The molecular weight excluding hydrogens is 360 g/mol. The van der Waals surface area contributed by atoms with Crippen molar-refractivity contribution in [1.82, 2.24) is 14.3 Å². The van der Waals surface area contributed by atoms with E-state index in [1.54, 1.807) is 11.3 Å². The molecule has 126 valence electrons. The van der Waals surface area contributed by atoms with Crippen molar-refractivity contribution >= 4 is 35.2 Å². The highest BCUT2D eigenvalue weighted by atomic mass is 35.5. The van der Waals surface area contributed by atoms with Crippen molar-refractivity contribution in [2.75, 3.05) is 7.05 Å². The Bertz CT molecular complexity index is 866. The number of aromatic nitrogens is 3. The van der Waals surface area contributed by atoms with Crippen LogP contribution in [-0.2, 0) is 19.8 Å². The zero-order chi connectivity index (χ0) is 17.1. The highest BCUT2D eigenvalue weighted by Gasteiger charge is 2.12. The monoisotopic (exact) mass is 379 g/mol. The molecule has 1 unspecified atom stereocenters. The molecule has 4 nitrogen and oxygen atoms in total. The molecule has 0 saturated carbocycles. The average Bonchev–Trinajstić information content (AvgIpc) is 3.07. The molecule has 1 aromatic carbocycles. The molecule has 2 aromatic heterocycles. The van der Waals surface area contributed by atoms with Crippen molar-refractivity contribution in [2.24, 2.45) is 0 Å². The smallest absolute Gasteiger partial charge is 0.203 e. The van der Waals surface area contributed by atoms with E-state index in [4.69, 9.17) is 23.8 Å². The topological polar surface area (TPSA) is 27.2 Å². The van der Waals surface area contributed by atoms with Gasteiger partial charge in [0.15, 0.2) is 6.67 Å². The van der Waals surface area contributed by atoms with Crippen molar-refractivity contribution in [1.29, 1.82) is 0 Å². The lowest BCUT2D eigenvalue weighted by Crippen LogP contribution is -3.06. The van der Waals surface area contributed by atoms with Crippen LogP contribution in [0.25, 0.3) is 0 Å². The third-order valence-corrected chi connectivity index (χ3v) is 5.48. The number of nitrogens with zero attached hydrogens (tertiary/aromatic N) is 3. The maximum Gasteiger partial charge on any atom is 0.203 e.